The van der Waals surface area contributed by atoms with E-state index in [1.165, 1.54) is 16.7 Å². The van der Waals surface area contributed by atoms with E-state index in [-0.39, 0.29) is 24.1 Å². The first-order valence-corrected chi connectivity index (χ1v) is 8.73. The molecular weight excluding hydrogens is 369 g/mol. The normalized spacial score (nSPS) is 10.3. The molecular formula is C16H15Cl2N3O2S. The summed E-state index contributed by atoms with van der Waals surface area (Å²) in [7, 11) is 1.56. The fourth-order valence-electron chi connectivity index (χ4n) is 1.77. The van der Waals surface area contributed by atoms with Crippen molar-refractivity contribution < 1.29 is 9.59 Å². The number of likely N-dealkylation sites (N-methyl/N-ethyl adjacent to an activating group) is 1. The Morgan fingerprint density at radius 1 is 1.17 bits per heavy atom. The molecule has 126 valence electrons. The number of anilines is 1. The van der Waals surface area contributed by atoms with Crippen molar-refractivity contribution in [3.63, 3.8) is 0 Å². The van der Waals surface area contributed by atoms with Crippen LogP contribution in [0.5, 0.6) is 0 Å². The third-order valence-electron chi connectivity index (χ3n) is 3.01. The zero-order valence-corrected chi connectivity index (χ0v) is 15.2. The van der Waals surface area contributed by atoms with E-state index in [4.69, 9.17) is 23.2 Å². The Bertz CT molecular complexity index is 743. The van der Waals surface area contributed by atoms with Crippen LogP contribution in [-0.4, -0.2) is 41.0 Å². The molecule has 1 N–H and O–H groups in total. The number of nitrogens with one attached hydrogen (secondary N) is 1. The average Bonchev–Trinajstić information content (AvgIpc) is 2.56. The predicted molar refractivity (Wildman–Crippen MR) is 97.7 cm³/mol. The number of nitrogens with zero attached hydrogens (tertiary/aromatic N) is 2. The largest absolute Gasteiger partial charge is 0.336 e. The Balaban J connectivity index is 1.84. The summed E-state index contributed by atoms with van der Waals surface area (Å²) >= 11 is 13.2. The molecule has 5 nitrogen and oxygen atoms in total. The number of hydrogen-bond donors (Lipinski definition) is 1. The van der Waals surface area contributed by atoms with Crippen molar-refractivity contribution in [2.45, 2.75) is 5.03 Å². The number of rotatable bonds is 6. The van der Waals surface area contributed by atoms with E-state index in [1.54, 1.807) is 49.6 Å². The SMILES string of the molecule is CN(CC(=O)Nc1ccccc1Cl)C(=O)CSc1ncccc1Cl. The maximum Gasteiger partial charge on any atom is 0.244 e. The Labute approximate surface area is 154 Å². The predicted octanol–water partition coefficient (Wildman–Crippen LogP) is 3.58. The molecule has 0 fully saturated rings. The number of para-hydroxylation sites is 1. The summed E-state index contributed by atoms with van der Waals surface area (Å²) in [6.07, 6.45) is 1.61. The minimum absolute atomic E-state index is 0.0689. The molecule has 0 saturated heterocycles. The van der Waals surface area contributed by atoms with Gasteiger partial charge in [0.15, 0.2) is 0 Å². The monoisotopic (exact) mass is 383 g/mol. The number of pyridine rings is 1. The minimum atomic E-state index is -0.320. The molecule has 24 heavy (non-hydrogen) atoms. The van der Waals surface area contributed by atoms with Crippen LogP contribution in [0.1, 0.15) is 0 Å². The van der Waals surface area contributed by atoms with Gasteiger partial charge in [0.2, 0.25) is 11.8 Å². The third-order valence-corrected chi connectivity index (χ3v) is 4.75. The van der Waals surface area contributed by atoms with E-state index < -0.39 is 0 Å². The van der Waals surface area contributed by atoms with Crippen molar-refractivity contribution in [1.29, 1.82) is 0 Å². The lowest BCUT2D eigenvalue weighted by atomic mass is 10.3. The van der Waals surface area contributed by atoms with Gasteiger partial charge in [0, 0.05) is 13.2 Å². The van der Waals surface area contributed by atoms with E-state index in [9.17, 15) is 9.59 Å². The number of amides is 2. The van der Waals surface area contributed by atoms with Crippen molar-refractivity contribution in [2.75, 3.05) is 24.7 Å². The van der Waals surface area contributed by atoms with Gasteiger partial charge >= 0.3 is 0 Å². The summed E-state index contributed by atoms with van der Waals surface area (Å²) in [6, 6.07) is 10.3. The van der Waals surface area contributed by atoms with E-state index in [2.05, 4.69) is 10.3 Å². The molecule has 0 radical (unpaired) electrons. The highest BCUT2D eigenvalue weighted by atomic mass is 35.5. The summed E-state index contributed by atoms with van der Waals surface area (Å²) in [5.74, 6) is -0.372. The van der Waals surface area contributed by atoms with Gasteiger partial charge in [-0.25, -0.2) is 4.98 Å². The molecule has 0 bridgehead atoms. The smallest absolute Gasteiger partial charge is 0.244 e. The zero-order chi connectivity index (χ0) is 17.5. The van der Waals surface area contributed by atoms with Crippen LogP contribution < -0.4 is 5.32 Å². The molecule has 2 aromatic rings. The first-order valence-electron chi connectivity index (χ1n) is 6.99. The Hall–Kier alpha value is -1.76. The number of carbonyl (C=O) groups excluding carboxylic acids is 2. The van der Waals surface area contributed by atoms with Gasteiger partial charge in [-0.1, -0.05) is 47.1 Å². The van der Waals surface area contributed by atoms with E-state index >= 15 is 0 Å². The molecule has 0 aliphatic heterocycles. The summed E-state index contributed by atoms with van der Waals surface area (Å²) in [4.78, 5) is 29.6. The fourth-order valence-corrected chi connectivity index (χ4v) is 3.06. The standard InChI is InChI=1S/C16H15Cl2N3O2S/c1-21(9-14(22)20-13-7-3-2-5-11(13)17)15(23)10-24-16-12(18)6-4-8-19-16/h2-8H,9-10H2,1H3,(H,20,22). The van der Waals surface area contributed by atoms with Gasteiger partial charge in [0.1, 0.15) is 5.03 Å². The van der Waals surface area contributed by atoms with Gasteiger partial charge in [0.25, 0.3) is 0 Å². The third kappa shape index (κ3) is 5.40. The van der Waals surface area contributed by atoms with Gasteiger partial charge in [-0.2, -0.15) is 0 Å². The first-order chi connectivity index (χ1) is 11.5. The van der Waals surface area contributed by atoms with Crippen LogP contribution in [0.15, 0.2) is 47.6 Å². The van der Waals surface area contributed by atoms with Crippen LogP contribution in [0.2, 0.25) is 10.0 Å². The highest BCUT2D eigenvalue weighted by Gasteiger charge is 2.15. The van der Waals surface area contributed by atoms with Crippen LogP contribution in [0, 0.1) is 0 Å². The molecule has 2 amide bonds. The highest BCUT2D eigenvalue weighted by molar-refractivity contribution is 8.00. The Morgan fingerprint density at radius 2 is 1.88 bits per heavy atom. The molecule has 1 aromatic carbocycles. The molecule has 0 spiro atoms. The zero-order valence-electron chi connectivity index (χ0n) is 12.8. The summed E-state index contributed by atoms with van der Waals surface area (Å²) < 4.78 is 0. The first kappa shape index (κ1) is 18.6. The van der Waals surface area contributed by atoms with Crippen molar-refractivity contribution in [2.24, 2.45) is 0 Å². The van der Waals surface area contributed by atoms with Gasteiger partial charge in [-0.15, -0.1) is 0 Å². The van der Waals surface area contributed by atoms with Gasteiger partial charge in [-0.05, 0) is 24.3 Å². The summed E-state index contributed by atoms with van der Waals surface area (Å²) in [5, 5.41) is 4.20. The maximum absolute atomic E-state index is 12.1. The average molecular weight is 384 g/mol. The fraction of sp³-hybridized carbons (Fsp3) is 0.188. The van der Waals surface area contributed by atoms with E-state index in [0.29, 0.717) is 20.8 Å². The van der Waals surface area contributed by atoms with Crippen molar-refractivity contribution in [3.05, 3.63) is 52.6 Å². The number of carbonyl (C=O) groups is 2. The van der Waals surface area contributed by atoms with E-state index in [0.717, 1.165) is 0 Å². The van der Waals surface area contributed by atoms with Gasteiger partial charge in [0.05, 0.1) is 28.0 Å². The number of thioether (sulfide) groups is 1. The molecule has 0 aliphatic rings. The van der Waals surface area contributed by atoms with Crippen LogP contribution in [-0.2, 0) is 9.59 Å². The van der Waals surface area contributed by atoms with Crippen LogP contribution in [0.4, 0.5) is 5.69 Å². The number of aromatic nitrogens is 1. The molecule has 2 rings (SSSR count). The number of benzene rings is 1. The van der Waals surface area contributed by atoms with Crippen molar-refractivity contribution >= 4 is 52.5 Å². The van der Waals surface area contributed by atoms with Crippen molar-refractivity contribution in [3.8, 4) is 0 Å². The Kier molecular flexibility index (Phi) is 6.90. The molecule has 0 atom stereocenters. The second-order valence-corrected chi connectivity index (χ2v) is 6.64. The lowest BCUT2D eigenvalue weighted by Gasteiger charge is -2.17. The molecule has 8 heteroatoms. The Morgan fingerprint density at radius 3 is 2.58 bits per heavy atom. The van der Waals surface area contributed by atoms with Crippen LogP contribution in [0.25, 0.3) is 0 Å². The molecule has 1 aromatic heterocycles. The van der Waals surface area contributed by atoms with E-state index in [1.807, 2.05) is 0 Å². The molecule has 0 unspecified atom stereocenters. The minimum Gasteiger partial charge on any atom is -0.336 e. The maximum atomic E-state index is 12.1. The van der Waals surface area contributed by atoms with Crippen LogP contribution in [0.3, 0.4) is 0 Å². The molecule has 0 aliphatic carbocycles. The molecule has 1 heterocycles. The number of halogens is 2. The highest BCUT2D eigenvalue weighted by Crippen LogP contribution is 2.24. The quantitative estimate of drug-likeness (QED) is 0.774. The summed E-state index contributed by atoms with van der Waals surface area (Å²) in [5.41, 5.74) is 0.514. The number of hydrogen-bond acceptors (Lipinski definition) is 4. The lowest BCUT2D eigenvalue weighted by molar-refractivity contribution is -0.131. The summed E-state index contributed by atoms with van der Waals surface area (Å²) in [6.45, 7) is -0.0689. The van der Waals surface area contributed by atoms with Crippen LogP contribution >= 0.6 is 35.0 Å². The second kappa shape index (κ2) is 8.92. The van der Waals surface area contributed by atoms with Gasteiger partial charge in [-0.3, -0.25) is 9.59 Å². The van der Waals surface area contributed by atoms with Crippen molar-refractivity contribution in [1.82, 2.24) is 9.88 Å². The van der Waals surface area contributed by atoms with Gasteiger partial charge < -0.3 is 10.2 Å². The lowest BCUT2D eigenvalue weighted by Crippen LogP contribution is -2.36. The second-order valence-electron chi connectivity index (χ2n) is 4.86. The topological polar surface area (TPSA) is 62.3 Å². The molecule has 0 saturated carbocycles.